The molecule has 0 saturated heterocycles. The van der Waals surface area contributed by atoms with Gasteiger partial charge in [0.1, 0.15) is 0 Å². The van der Waals surface area contributed by atoms with E-state index in [1.54, 1.807) is 18.1 Å². The van der Waals surface area contributed by atoms with E-state index in [0.29, 0.717) is 32.0 Å². The topological polar surface area (TPSA) is 29.5 Å². The van der Waals surface area contributed by atoms with Gasteiger partial charge in [0.2, 0.25) is 5.91 Å². The Kier molecular flexibility index (Phi) is 7.74. The van der Waals surface area contributed by atoms with Crippen molar-refractivity contribution < 1.29 is 9.53 Å². The molecule has 0 aliphatic rings. The molecule has 0 N–H and O–H groups in total. The van der Waals surface area contributed by atoms with Gasteiger partial charge in [-0.15, -0.1) is 18.2 Å². The molecule has 0 aromatic rings. The normalized spacial score (nSPS) is 9.69. The number of alkyl halides is 1. The molecule has 0 saturated carbocycles. The molecule has 0 aliphatic heterocycles. The Labute approximate surface area is 84.3 Å². The van der Waals surface area contributed by atoms with Gasteiger partial charge in [-0.25, -0.2) is 0 Å². The highest BCUT2D eigenvalue weighted by Crippen LogP contribution is 1.96. The molecule has 76 valence electrons. The fraction of sp³-hybridized carbons (Fsp3) is 0.667. The largest absolute Gasteiger partial charge is 0.383 e. The van der Waals surface area contributed by atoms with Crippen LogP contribution in [0.4, 0.5) is 0 Å². The zero-order valence-electron chi connectivity index (χ0n) is 7.96. The van der Waals surface area contributed by atoms with Gasteiger partial charge in [-0.2, -0.15) is 0 Å². The van der Waals surface area contributed by atoms with E-state index in [2.05, 4.69) is 6.58 Å². The molecule has 13 heavy (non-hydrogen) atoms. The van der Waals surface area contributed by atoms with E-state index in [1.165, 1.54) is 0 Å². The first-order valence-corrected chi connectivity index (χ1v) is 4.73. The number of halogens is 1. The third-order valence-electron chi connectivity index (χ3n) is 1.58. The number of hydrogen-bond donors (Lipinski definition) is 0. The van der Waals surface area contributed by atoms with Gasteiger partial charge in [-0.1, -0.05) is 6.08 Å². The molecule has 0 heterocycles. The van der Waals surface area contributed by atoms with Crippen LogP contribution in [0.25, 0.3) is 0 Å². The number of carbonyl (C=O) groups excluding carboxylic acids is 1. The van der Waals surface area contributed by atoms with Crippen molar-refractivity contribution in [3.05, 3.63) is 12.7 Å². The van der Waals surface area contributed by atoms with E-state index in [4.69, 9.17) is 16.3 Å². The monoisotopic (exact) mass is 205 g/mol. The van der Waals surface area contributed by atoms with Crippen LogP contribution in [-0.4, -0.2) is 43.5 Å². The number of nitrogens with zero attached hydrogens (tertiary/aromatic N) is 1. The average Bonchev–Trinajstić information content (AvgIpc) is 2.12. The molecular formula is C9H16ClNO2. The van der Waals surface area contributed by atoms with Gasteiger partial charge in [0.25, 0.3) is 0 Å². The molecule has 0 spiro atoms. The van der Waals surface area contributed by atoms with Crippen LogP contribution in [-0.2, 0) is 9.53 Å². The van der Waals surface area contributed by atoms with Gasteiger partial charge in [-0.3, -0.25) is 4.79 Å². The van der Waals surface area contributed by atoms with Gasteiger partial charge in [0, 0.05) is 32.5 Å². The second-order valence-corrected chi connectivity index (χ2v) is 2.94. The van der Waals surface area contributed by atoms with Crippen molar-refractivity contribution in [1.82, 2.24) is 4.90 Å². The fourth-order valence-electron chi connectivity index (χ4n) is 0.914. The van der Waals surface area contributed by atoms with E-state index in [9.17, 15) is 4.79 Å². The first-order chi connectivity index (χ1) is 6.26. The molecule has 3 nitrogen and oxygen atoms in total. The van der Waals surface area contributed by atoms with Gasteiger partial charge >= 0.3 is 0 Å². The molecule has 0 atom stereocenters. The minimum absolute atomic E-state index is 0.0481. The minimum Gasteiger partial charge on any atom is -0.383 e. The molecule has 0 fully saturated rings. The molecule has 0 aliphatic carbocycles. The highest BCUT2D eigenvalue weighted by atomic mass is 35.5. The molecule has 4 heteroatoms. The summed E-state index contributed by atoms with van der Waals surface area (Å²) in [5.41, 5.74) is 0. The molecule has 0 bridgehead atoms. The van der Waals surface area contributed by atoms with Gasteiger partial charge < -0.3 is 9.64 Å². The van der Waals surface area contributed by atoms with Crippen molar-refractivity contribution in [2.75, 3.05) is 32.7 Å². The smallest absolute Gasteiger partial charge is 0.224 e. The van der Waals surface area contributed by atoms with E-state index < -0.39 is 0 Å². The van der Waals surface area contributed by atoms with Crippen molar-refractivity contribution in [1.29, 1.82) is 0 Å². The molecule has 0 aromatic heterocycles. The Bertz CT molecular complexity index is 162. The van der Waals surface area contributed by atoms with E-state index >= 15 is 0 Å². The lowest BCUT2D eigenvalue weighted by atomic mass is 10.3. The van der Waals surface area contributed by atoms with Crippen LogP contribution in [0.2, 0.25) is 0 Å². The summed E-state index contributed by atoms with van der Waals surface area (Å²) in [5.74, 6) is 0.409. The second-order valence-electron chi connectivity index (χ2n) is 2.56. The average molecular weight is 206 g/mol. The van der Waals surface area contributed by atoms with Crippen molar-refractivity contribution in [3.8, 4) is 0 Å². The molecule has 0 aromatic carbocycles. The Morgan fingerprint density at radius 3 is 2.85 bits per heavy atom. The molecule has 1 amide bonds. The SMILES string of the molecule is C=CCN(CCOC)C(=O)CCCl. The van der Waals surface area contributed by atoms with Crippen molar-refractivity contribution >= 4 is 17.5 Å². The predicted molar refractivity (Wildman–Crippen MR) is 54.0 cm³/mol. The van der Waals surface area contributed by atoms with E-state index in [0.717, 1.165) is 0 Å². The molecule has 0 rings (SSSR count). The van der Waals surface area contributed by atoms with Gasteiger partial charge in [0.05, 0.1) is 6.61 Å². The Morgan fingerprint density at radius 1 is 1.69 bits per heavy atom. The zero-order chi connectivity index (χ0) is 10.1. The maximum Gasteiger partial charge on any atom is 0.224 e. The van der Waals surface area contributed by atoms with Crippen molar-refractivity contribution in [3.63, 3.8) is 0 Å². The standard InChI is InChI=1S/C9H16ClNO2/c1-3-6-11(7-8-13-2)9(12)4-5-10/h3H,1,4-8H2,2H3. The van der Waals surface area contributed by atoms with Gasteiger partial charge in [0.15, 0.2) is 0 Å². The maximum atomic E-state index is 11.4. The van der Waals surface area contributed by atoms with Crippen LogP contribution in [0, 0.1) is 0 Å². The minimum atomic E-state index is 0.0481. The van der Waals surface area contributed by atoms with Crippen LogP contribution in [0.5, 0.6) is 0 Å². The highest BCUT2D eigenvalue weighted by molar-refractivity contribution is 6.18. The number of hydrogen-bond acceptors (Lipinski definition) is 2. The van der Waals surface area contributed by atoms with Crippen molar-refractivity contribution in [2.24, 2.45) is 0 Å². The second kappa shape index (κ2) is 8.08. The third-order valence-corrected chi connectivity index (χ3v) is 1.76. The highest BCUT2D eigenvalue weighted by Gasteiger charge is 2.09. The Balaban J connectivity index is 3.90. The quantitative estimate of drug-likeness (QED) is 0.463. The Morgan fingerprint density at radius 2 is 2.38 bits per heavy atom. The zero-order valence-corrected chi connectivity index (χ0v) is 8.72. The van der Waals surface area contributed by atoms with Crippen LogP contribution in [0.3, 0.4) is 0 Å². The summed E-state index contributed by atoms with van der Waals surface area (Å²) in [6.07, 6.45) is 2.07. The number of carbonyl (C=O) groups is 1. The lowest BCUT2D eigenvalue weighted by Gasteiger charge is -2.19. The van der Waals surface area contributed by atoms with Crippen LogP contribution >= 0.6 is 11.6 Å². The Hall–Kier alpha value is -0.540. The first-order valence-electron chi connectivity index (χ1n) is 4.19. The molecule has 0 unspecified atom stereocenters. The van der Waals surface area contributed by atoms with E-state index in [-0.39, 0.29) is 5.91 Å². The number of methoxy groups -OCH3 is 1. The summed E-state index contributed by atoms with van der Waals surface area (Å²) in [6, 6.07) is 0. The number of ether oxygens (including phenoxy) is 1. The van der Waals surface area contributed by atoms with Crippen LogP contribution < -0.4 is 0 Å². The molecule has 0 radical (unpaired) electrons. The van der Waals surface area contributed by atoms with Gasteiger partial charge in [-0.05, 0) is 0 Å². The first kappa shape index (κ1) is 12.5. The summed E-state index contributed by atoms with van der Waals surface area (Å²) in [7, 11) is 1.61. The lowest BCUT2D eigenvalue weighted by molar-refractivity contribution is -0.130. The summed E-state index contributed by atoms with van der Waals surface area (Å²) < 4.78 is 4.89. The van der Waals surface area contributed by atoms with E-state index in [1.807, 2.05) is 0 Å². The summed E-state index contributed by atoms with van der Waals surface area (Å²) in [5, 5.41) is 0. The third kappa shape index (κ3) is 5.66. The van der Waals surface area contributed by atoms with Crippen molar-refractivity contribution in [2.45, 2.75) is 6.42 Å². The predicted octanol–water partition coefficient (Wildman–Crippen LogP) is 1.28. The van der Waals surface area contributed by atoms with Crippen LogP contribution in [0.15, 0.2) is 12.7 Å². The van der Waals surface area contributed by atoms with Crippen LogP contribution in [0.1, 0.15) is 6.42 Å². The maximum absolute atomic E-state index is 11.4. The summed E-state index contributed by atoms with van der Waals surface area (Å²) >= 11 is 5.47. The fourth-order valence-corrected chi connectivity index (χ4v) is 1.08. The summed E-state index contributed by atoms with van der Waals surface area (Å²) in [4.78, 5) is 13.1. The number of amides is 1. The number of rotatable bonds is 7. The lowest BCUT2D eigenvalue weighted by Crippen LogP contribution is -2.34. The summed E-state index contributed by atoms with van der Waals surface area (Å²) in [6.45, 7) is 5.28. The molecular weight excluding hydrogens is 190 g/mol.